The Labute approximate surface area is 254 Å². The number of rotatable bonds is 12. The lowest BCUT2D eigenvalue weighted by Gasteiger charge is -2.42. The summed E-state index contributed by atoms with van der Waals surface area (Å²) in [6.07, 6.45) is 0.662. The van der Waals surface area contributed by atoms with Crippen LogP contribution in [0.15, 0.2) is 24.4 Å². The van der Waals surface area contributed by atoms with Crippen LogP contribution < -0.4 is 11.1 Å². The lowest BCUT2D eigenvalue weighted by Crippen LogP contribution is -2.55. The quantitative estimate of drug-likeness (QED) is 0.305. The summed E-state index contributed by atoms with van der Waals surface area (Å²) in [4.78, 5) is 38.2. The van der Waals surface area contributed by atoms with Crippen molar-refractivity contribution in [2.24, 2.45) is 17.6 Å². The highest BCUT2D eigenvalue weighted by molar-refractivity contribution is 5.83. The van der Waals surface area contributed by atoms with Crippen LogP contribution in [-0.4, -0.2) is 116 Å². The second kappa shape index (κ2) is 15.3. The minimum Gasteiger partial charge on any atom is -0.381 e. The Balaban J connectivity index is 1.44. The van der Waals surface area contributed by atoms with Gasteiger partial charge in [-0.3, -0.25) is 9.59 Å². The van der Waals surface area contributed by atoms with E-state index in [9.17, 15) is 22.8 Å². The molecule has 4 unspecified atom stereocenters. The summed E-state index contributed by atoms with van der Waals surface area (Å²) in [5.74, 6) is -1.97. The topological polar surface area (TPSA) is 135 Å². The van der Waals surface area contributed by atoms with Gasteiger partial charge < -0.3 is 40.0 Å². The zero-order chi connectivity index (χ0) is 31.1. The fraction of sp³-hybridized carbons (Fsp3) is 0.633. The molecule has 1 aromatic heterocycles. The highest BCUT2D eigenvalue weighted by Gasteiger charge is 2.42. The fourth-order valence-electron chi connectivity index (χ4n) is 6.17. The number of H-pyrrole nitrogens is 1. The second-order valence-corrected chi connectivity index (χ2v) is 11.5. The number of carbonyl (C=O) groups is 2. The van der Waals surface area contributed by atoms with Gasteiger partial charge >= 0.3 is 0 Å². The van der Waals surface area contributed by atoms with Crippen molar-refractivity contribution in [1.82, 2.24) is 25.1 Å². The van der Waals surface area contributed by atoms with Gasteiger partial charge in [-0.2, -0.15) is 0 Å². The van der Waals surface area contributed by atoms with E-state index < -0.39 is 35.9 Å². The zero-order valence-electron chi connectivity index (χ0n) is 24.7. The molecule has 4 N–H and O–H groups in total. The van der Waals surface area contributed by atoms with Crippen LogP contribution in [0.4, 0.5) is 13.2 Å². The maximum atomic E-state index is 15.0. The van der Waals surface area contributed by atoms with Gasteiger partial charge in [0.25, 0.3) is 5.91 Å². The number of nitrogens with zero attached hydrogens (tertiary/aromatic N) is 3. The largest absolute Gasteiger partial charge is 0.381 e. The van der Waals surface area contributed by atoms with Crippen LogP contribution in [0.2, 0.25) is 0 Å². The third kappa shape index (κ3) is 7.78. The molecule has 3 aliphatic rings. The van der Waals surface area contributed by atoms with E-state index in [1.54, 1.807) is 9.80 Å². The number of imidazole rings is 1. The van der Waals surface area contributed by atoms with Crippen LogP contribution in [0.25, 0.3) is 11.3 Å². The summed E-state index contributed by atoms with van der Waals surface area (Å²) >= 11 is 0. The molecule has 4 atom stereocenters. The molecule has 2 aromatic rings. The van der Waals surface area contributed by atoms with E-state index >= 15 is 0 Å². The predicted octanol–water partition coefficient (Wildman–Crippen LogP) is 1.80. The number of morpholine rings is 1. The molecular formula is C30H41F3N6O5. The van der Waals surface area contributed by atoms with Crippen LogP contribution in [-0.2, 0) is 23.8 Å². The Morgan fingerprint density at radius 2 is 2.00 bits per heavy atom. The van der Waals surface area contributed by atoms with E-state index in [4.69, 9.17) is 19.9 Å². The van der Waals surface area contributed by atoms with Crippen molar-refractivity contribution in [3.63, 3.8) is 0 Å². The number of hydrogen-bond acceptors (Lipinski definition) is 8. The molecule has 0 bridgehead atoms. The van der Waals surface area contributed by atoms with Gasteiger partial charge in [0.2, 0.25) is 5.91 Å². The molecule has 2 amide bonds. The molecule has 3 saturated heterocycles. The number of halogens is 3. The Hall–Kier alpha value is -3.04. The van der Waals surface area contributed by atoms with Crippen molar-refractivity contribution in [2.75, 3.05) is 72.3 Å². The molecule has 5 rings (SSSR count). The summed E-state index contributed by atoms with van der Waals surface area (Å²) < 4.78 is 60.6. The molecule has 0 saturated carbocycles. The number of benzene rings is 1. The molecule has 0 radical (unpaired) electrons. The van der Waals surface area contributed by atoms with Crippen molar-refractivity contribution >= 4 is 11.8 Å². The Morgan fingerprint density at radius 1 is 1.18 bits per heavy atom. The van der Waals surface area contributed by atoms with E-state index in [2.05, 4.69) is 15.3 Å². The number of aromatic amines is 1. The highest BCUT2D eigenvalue weighted by atomic mass is 19.1. The van der Waals surface area contributed by atoms with Crippen LogP contribution in [0.3, 0.4) is 0 Å². The van der Waals surface area contributed by atoms with Crippen molar-refractivity contribution in [1.29, 1.82) is 0 Å². The SMILES string of the molecule is NCCOCCC(=O)N1CCOC(C(=O)N(CC2CNCC2F)C(c2ncc(-c3cc(F)ccc3F)[nH]2)C2CCOCC2)C1. The third-order valence-corrected chi connectivity index (χ3v) is 8.53. The molecule has 14 heteroatoms. The summed E-state index contributed by atoms with van der Waals surface area (Å²) in [7, 11) is 0. The lowest BCUT2D eigenvalue weighted by atomic mass is 9.88. The van der Waals surface area contributed by atoms with Gasteiger partial charge in [-0.05, 0) is 37.0 Å². The van der Waals surface area contributed by atoms with Crippen molar-refractivity contribution in [3.05, 3.63) is 41.9 Å². The molecule has 4 heterocycles. The van der Waals surface area contributed by atoms with E-state index in [0.717, 1.165) is 18.2 Å². The Morgan fingerprint density at radius 3 is 2.75 bits per heavy atom. The Kier molecular flexibility index (Phi) is 11.3. The van der Waals surface area contributed by atoms with Gasteiger partial charge in [-0.1, -0.05) is 0 Å². The first kappa shape index (κ1) is 32.4. The van der Waals surface area contributed by atoms with Crippen molar-refractivity contribution in [2.45, 2.75) is 37.6 Å². The van der Waals surface area contributed by atoms with E-state index in [-0.39, 0.29) is 68.3 Å². The summed E-state index contributed by atoms with van der Waals surface area (Å²) in [6, 6.07) is 2.52. The first-order chi connectivity index (χ1) is 21.4. The highest BCUT2D eigenvalue weighted by Crippen LogP contribution is 2.37. The van der Waals surface area contributed by atoms with Crippen molar-refractivity contribution in [3.8, 4) is 11.3 Å². The molecular weight excluding hydrogens is 581 g/mol. The summed E-state index contributed by atoms with van der Waals surface area (Å²) in [5.41, 5.74) is 5.72. The summed E-state index contributed by atoms with van der Waals surface area (Å²) in [6.45, 7) is 3.10. The molecule has 3 aliphatic heterocycles. The van der Waals surface area contributed by atoms with Gasteiger partial charge in [0.15, 0.2) is 6.10 Å². The average Bonchev–Trinajstić information content (AvgIpc) is 3.69. The molecule has 0 spiro atoms. The van der Waals surface area contributed by atoms with Gasteiger partial charge in [-0.15, -0.1) is 0 Å². The molecule has 11 nitrogen and oxygen atoms in total. The maximum absolute atomic E-state index is 15.0. The lowest BCUT2D eigenvalue weighted by molar-refractivity contribution is -0.159. The van der Waals surface area contributed by atoms with E-state index in [1.165, 1.54) is 6.20 Å². The predicted molar refractivity (Wildman–Crippen MR) is 154 cm³/mol. The second-order valence-electron chi connectivity index (χ2n) is 11.5. The maximum Gasteiger partial charge on any atom is 0.254 e. The molecule has 3 fully saturated rings. The normalized spacial score (nSPS) is 23.5. The smallest absolute Gasteiger partial charge is 0.254 e. The average molecular weight is 623 g/mol. The summed E-state index contributed by atoms with van der Waals surface area (Å²) in [5, 5.41) is 3.05. The van der Waals surface area contributed by atoms with Gasteiger partial charge in [0, 0.05) is 57.4 Å². The first-order valence-corrected chi connectivity index (χ1v) is 15.3. The van der Waals surface area contributed by atoms with E-state index in [1.807, 2.05) is 0 Å². The number of aromatic nitrogens is 2. The fourth-order valence-corrected chi connectivity index (χ4v) is 6.17. The molecule has 1 aromatic carbocycles. The minimum atomic E-state index is -1.16. The molecule has 0 aliphatic carbocycles. The van der Waals surface area contributed by atoms with Gasteiger partial charge in [0.1, 0.15) is 23.6 Å². The molecule has 242 valence electrons. The van der Waals surface area contributed by atoms with Crippen molar-refractivity contribution < 1.29 is 37.0 Å². The number of alkyl halides is 1. The zero-order valence-corrected chi connectivity index (χ0v) is 24.7. The van der Waals surface area contributed by atoms with E-state index in [0.29, 0.717) is 58.1 Å². The van der Waals surface area contributed by atoms with Crippen LogP contribution in [0.1, 0.15) is 31.1 Å². The number of nitrogens with two attached hydrogens (primary N) is 1. The van der Waals surface area contributed by atoms with Crippen LogP contribution >= 0.6 is 0 Å². The number of amides is 2. The minimum absolute atomic E-state index is 0.0105. The number of hydrogen-bond donors (Lipinski definition) is 3. The van der Waals surface area contributed by atoms with Crippen LogP contribution in [0, 0.1) is 23.5 Å². The van der Waals surface area contributed by atoms with Gasteiger partial charge in [0.05, 0.1) is 50.7 Å². The Bertz CT molecular complexity index is 1260. The van der Waals surface area contributed by atoms with Crippen LogP contribution in [0.5, 0.6) is 0 Å². The number of ether oxygens (including phenoxy) is 3. The molecule has 44 heavy (non-hydrogen) atoms. The third-order valence-electron chi connectivity index (χ3n) is 8.53. The number of nitrogens with one attached hydrogen (secondary N) is 2. The first-order valence-electron chi connectivity index (χ1n) is 15.3. The standard InChI is InChI=1S/C30H41F3N6O5/c31-21-1-2-23(32)22(13-21)25-16-36-29(37-25)28(19-3-8-42-9-4-19)39(17-20-14-35-15-24(20)33)30(41)26-18-38(7-12-44-26)27(40)5-10-43-11-6-34/h1-2,13,16,19-20,24,26,28,35H,3-12,14-15,17-18,34H2,(H,36,37). The number of carbonyl (C=O) groups excluding carboxylic acids is 2. The monoisotopic (exact) mass is 622 g/mol. The van der Waals surface area contributed by atoms with Gasteiger partial charge in [-0.25, -0.2) is 18.2 Å².